The molecule has 0 spiro atoms. The first-order valence-electron chi connectivity index (χ1n) is 4.03. The second-order valence-corrected chi connectivity index (χ2v) is 3.03. The Hall–Kier alpha value is -1.34. The predicted octanol–water partition coefficient (Wildman–Crippen LogP) is 0.192. The summed E-state index contributed by atoms with van der Waals surface area (Å²) in [7, 11) is 0. The van der Waals surface area contributed by atoms with Crippen molar-refractivity contribution < 1.29 is 14.4 Å². The molecular formula is C9H11NO3. The quantitative estimate of drug-likeness (QED) is 0.451. The molecule has 4 nitrogen and oxygen atoms in total. The van der Waals surface area contributed by atoms with Crippen molar-refractivity contribution in [1.29, 1.82) is 0 Å². The normalized spacial score (nSPS) is 27.9. The molecule has 1 heterocycles. The van der Waals surface area contributed by atoms with Crippen LogP contribution in [-0.2, 0) is 14.4 Å². The second-order valence-electron chi connectivity index (χ2n) is 3.03. The molecule has 0 aromatic carbocycles. The van der Waals surface area contributed by atoms with Crippen LogP contribution < -0.4 is 0 Å². The number of rotatable bonds is 2. The number of hydroxylamine groups is 2. The number of hydrogen-bond donors (Lipinski definition) is 0. The third-order valence-corrected chi connectivity index (χ3v) is 2.21. The van der Waals surface area contributed by atoms with Crippen LogP contribution in [0.15, 0.2) is 0 Å². The van der Waals surface area contributed by atoms with Gasteiger partial charge < -0.3 is 0 Å². The van der Waals surface area contributed by atoms with Crippen LogP contribution in [0.5, 0.6) is 0 Å². The molecule has 0 aromatic rings. The molecule has 13 heavy (non-hydrogen) atoms. The minimum Gasteiger partial charge on any atom is -0.272 e. The number of nitrogens with zero attached hydrogens (tertiary/aromatic N) is 1. The van der Waals surface area contributed by atoms with Gasteiger partial charge in [-0.2, -0.15) is 5.06 Å². The molecule has 2 unspecified atom stereocenters. The molecule has 0 aliphatic carbocycles. The van der Waals surface area contributed by atoms with E-state index in [1.54, 1.807) is 13.8 Å². The SMILES string of the molecule is C#CCON1C(=O)C(C)C(C)C1=O. The largest absolute Gasteiger partial charge is 0.272 e. The Labute approximate surface area is 76.8 Å². The molecule has 1 aliphatic heterocycles. The highest BCUT2D eigenvalue weighted by Crippen LogP contribution is 2.25. The van der Waals surface area contributed by atoms with E-state index in [9.17, 15) is 9.59 Å². The van der Waals surface area contributed by atoms with Crippen LogP contribution >= 0.6 is 0 Å². The van der Waals surface area contributed by atoms with E-state index >= 15 is 0 Å². The molecule has 1 aliphatic rings. The third kappa shape index (κ3) is 1.56. The molecule has 1 saturated heterocycles. The van der Waals surface area contributed by atoms with E-state index in [-0.39, 0.29) is 30.3 Å². The Morgan fingerprint density at radius 3 is 2.23 bits per heavy atom. The van der Waals surface area contributed by atoms with Crippen molar-refractivity contribution in [3.63, 3.8) is 0 Å². The van der Waals surface area contributed by atoms with Gasteiger partial charge in [-0.15, -0.1) is 6.42 Å². The standard InChI is InChI=1S/C9H11NO3/c1-4-5-13-10-8(11)6(2)7(3)9(10)12/h1,6-7H,5H2,2-3H3. The topological polar surface area (TPSA) is 46.6 Å². The van der Waals surface area contributed by atoms with Crippen LogP contribution in [0, 0.1) is 24.2 Å². The van der Waals surface area contributed by atoms with Crippen molar-refractivity contribution in [2.24, 2.45) is 11.8 Å². The molecule has 1 fully saturated rings. The van der Waals surface area contributed by atoms with Gasteiger partial charge in [-0.05, 0) is 0 Å². The monoisotopic (exact) mass is 181 g/mol. The number of hydrogen-bond acceptors (Lipinski definition) is 3. The van der Waals surface area contributed by atoms with Crippen LogP contribution in [0.25, 0.3) is 0 Å². The highest BCUT2D eigenvalue weighted by Gasteiger charge is 2.43. The van der Waals surface area contributed by atoms with Gasteiger partial charge >= 0.3 is 0 Å². The van der Waals surface area contributed by atoms with Crippen molar-refractivity contribution in [2.45, 2.75) is 13.8 Å². The van der Waals surface area contributed by atoms with Crippen molar-refractivity contribution in [2.75, 3.05) is 6.61 Å². The molecule has 2 amide bonds. The highest BCUT2D eigenvalue weighted by molar-refractivity contribution is 6.03. The third-order valence-electron chi connectivity index (χ3n) is 2.21. The maximum Gasteiger partial charge on any atom is 0.257 e. The molecule has 4 heteroatoms. The Bertz CT molecular complexity index is 259. The van der Waals surface area contributed by atoms with Gasteiger partial charge in [0, 0.05) is 11.8 Å². The molecule has 0 bridgehead atoms. The van der Waals surface area contributed by atoms with E-state index in [1.165, 1.54) is 0 Å². The van der Waals surface area contributed by atoms with Gasteiger partial charge in [0.05, 0.1) is 0 Å². The van der Waals surface area contributed by atoms with Crippen molar-refractivity contribution in [3.05, 3.63) is 0 Å². The first kappa shape index (κ1) is 9.75. The van der Waals surface area contributed by atoms with Crippen LogP contribution in [0.4, 0.5) is 0 Å². The smallest absolute Gasteiger partial charge is 0.257 e. The van der Waals surface area contributed by atoms with E-state index in [4.69, 9.17) is 11.3 Å². The Balaban J connectivity index is 2.71. The molecule has 0 saturated carbocycles. The van der Waals surface area contributed by atoms with Gasteiger partial charge in [0.25, 0.3) is 11.8 Å². The Kier molecular flexibility index (Phi) is 2.69. The average molecular weight is 181 g/mol. The Morgan fingerprint density at radius 2 is 1.85 bits per heavy atom. The highest BCUT2D eigenvalue weighted by atomic mass is 16.7. The lowest BCUT2D eigenvalue weighted by Crippen LogP contribution is -2.31. The van der Waals surface area contributed by atoms with E-state index in [0.29, 0.717) is 0 Å². The van der Waals surface area contributed by atoms with Crippen LogP contribution in [-0.4, -0.2) is 23.5 Å². The van der Waals surface area contributed by atoms with Crippen LogP contribution in [0.3, 0.4) is 0 Å². The van der Waals surface area contributed by atoms with Gasteiger partial charge in [0.15, 0.2) is 0 Å². The van der Waals surface area contributed by atoms with E-state index in [1.807, 2.05) is 0 Å². The van der Waals surface area contributed by atoms with E-state index < -0.39 is 0 Å². The zero-order valence-corrected chi connectivity index (χ0v) is 7.61. The summed E-state index contributed by atoms with van der Waals surface area (Å²) in [6, 6.07) is 0. The first-order chi connectivity index (χ1) is 6.09. The van der Waals surface area contributed by atoms with Crippen molar-refractivity contribution in [3.8, 4) is 12.3 Å². The van der Waals surface area contributed by atoms with Gasteiger partial charge in [0.2, 0.25) is 0 Å². The fourth-order valence-corrected chi connectivity index (χ4v) is 1.14. The molecule has 1 rings (SSSR count). The van der Waals surface area contributed by atoms with Gasteiger partial charge in [-0.25, -0.2) is 0 Å². The summed E-state index contributed by atoms with van der Waals surface area (Å²) in [4.78, 5) is 27.5. The molecule has 0 N–H and O–H groups in total. The predicted molar refractivity (Wildman–Crippen MR) is 45.0 cm³/mol. The average Bonchev–Trinajstić information content (AvgIpc) is 2.30. The van der Waals surface area contributed by atoms with Gasteiger partial charge in [-0.1, -0.05) is 19.8 Å². The van der Waals surface area contributed by atoms with Gasteiger partial charge in [0.1, 0.15) is 6.61 Å². The molecule has 70 valence electrons. The van der Waals surface area contributed by atoms with Crippen molar-refractivity contribution >= 4 is 11.8 Å². The van der Waals surface area contributed by atoms with Crippen LogP contribution in [0.1, 0.15) is 13.8 Å². The number of imide groups is 1. The zero-order chi connectivity index (χ0) is 10.0. The molecule has 0 radical (unpaired) electrons. The number of amides is 2. The van der Waals surface area contributed by atoms with E-state index in [2.05, 4.69) is 5.92 Å². The first-order valence-corrected chi connectivity index (χ1v) is 4.03. The van der Waals surface area contributed by atoms with Crippen molar-refractivity contribution in [1.82, 2.24) is 5.06 Å². The molecule has 0 aromatic heterocycles. The Morgan fingerprint density at radius 1 is 1.38 bits per heavy atom. The fourth-order valence-electron chi connectivity index (χ4n) is 1.14. The summed E-state index contributed by atoms with van der Waals surface area (Å²) >= 11 is 0. The van der Waals surface area contributed by atoms with E-state index in [0.717, 1.165) is 5.06 Å². The van der Waals surface area contributed by atoms with Gasteiger partial charge in [-0.3, -0.25) is 14.4 Å². The second kappa shape index (κ2) is 3.58. The van der Waals surface area contributed by atoms with Crippen LogP contribution in [0.2, 0.25) is 0 Å². The molecular weight excluding hydrogens is 170 g/mol. The summed E-state index contributed by atoms with van der Waals surface area (Å²) in [6.07, 6.45) is 4.94. The number of carbonyl (C=O) groups excluding carboxylic acids is 2. The minimum atomic E-state index is -0.315. The maximum absolute atomic E-state index is 11.3. The number of carbonyl (C=O) groups is 2. The summed E-state index contributed by atoms with van der Waals surface area (Å²) < 4.78 is 0. The lowest BCUT2D eigenvalue weighted by molar-refractivity contribution is -0.185. The summed E-state index contributed by atoms with van der Waals surface area (Å²) in [5.74, 6) is 0.943. The summed E-state index contributed by atoms with van der Waals surface area (Å²) in [5, 5.41) is 0.773. The lowest BCUT2D eigenvalue weighted by atomic mass is 10.00. The number of terminal acetylenes is 1. The minimum absolute atomic E-state index is 0.0586. The molecule has 2 atom stereocenters. The summed E-state index contributed by atoms with van der Waals surface area (Å²) in [6.45, 7) is 3.34. The lowest BCUT2D eigenvalue weighted by Gasteiger charge is -2.10. The summed E-state index contributed by atoms with van der Waals surface area (Å²) in [5.41, 5.74) is 0. The maximum atomic E-state index is 11.3. The fraction of sp³-hybridized carbons (Fsp3) is 0.556. The zero-order valence-electron chi connectivity index (χ0n) is 7.61.